The van der Waals surface area contributed by atoms with Crippen LogP contribution in [0.5, 0.6) is 0 Å². The molecule has 0 radical (unpaired) electrons. The monoisotopic (exact) mass is 420 g/mol. The highest BCUT2D eigenvalue weighted by atomic mass is 32.2. The molecule has 0 unspecified atom stereocenters. The van der Waals surface area contributed by atoms with Gasteiger partial charge in [-0.1, -0.05) is 25.0 Å². The van der Waals surface area contributed by atoms with Crippen molar-refractivity contribution < 1.29 is 8.42 Å². The lowest BCUT2D eigenvalue weighted by Crippen LogP contribution is -2.44. The number of nitrogens with zero attached hydrogens (tertiary/aromatic N) is 2. The first-order valence-corrected chi connectivity index (χ1v) is 13.0. The van der Waals surface area contributed by atoms with Crippen molar-refractivity contribution in [2.75, 3.05) is 43.9 Å². The molecule has 1 aliphatic heterocycles. The summed E-state index contributed by atoms with van der Waals surface area (Å²) in [6.07, 6.45) is 6.88. The molecule has 0 spiro atoms. The van der Waals surface area contributed by atoms with Crippen molar-refractivity contribution in [2.24, 2.45) is 11.8 Å². The van der Waals surface area contributed by atoms with Crippen LogP contribution in [0.3, 0.4) is 0 Å². The van der Waals surface area contributed by atoms with Gasteiger partial charge in [0.25, 0.3) is 0 Å². The predicted octanol–water partition coefficient (Wildman–Crippen LogP) is 4.39. The molecular formula is C24H40N2O2S. The van der Waals surface area contributed by atoms with E-state index in [9.17, 15) is 8.42 Å². The van der Waals surface area contributed by atoms with Gasteiger partial charge in [-0.3, -0.25) is 0 Å². The number of likely N-dealkylation sites (N-methyl/N-ethyl adjacent to an activating group) is 1. The highest BCUT2D eigenvalue weighted by molar-refractivity contribution is 7.92. The van der Waals surface area contributed by atoms with E-state index in [4.69, 9.17) is 0 Å². The van der Waals surface area contributed by atoms with Crippen LogP contribution < -0.4 is 4.90 Å². The van der Waals surface area contributed by atoms with Gasteiger partial charge in [-0.2, -0.15) is 0 Å². The molecule has 0 aromatic heterocycles. The fraction of sp³-hybridized carbons (Fsp3) is 0.750. The number of hydrogen-bond donors (Lipinski definition) is 0. The summed E-state index contributed by atoms with van der Waals surface area (Å²) < 4.78 is 24.3. The van der Waals surface area contributed by atoms with E-state index in [0.29, 0.717) is 11.7 Å². The minimum atomic E-state index is -2.99. The molecule has 1 saturated carbocycles. The molecule has 1 aromatic rings. The van der Waals surface area contributed by atoms with Crippen LogP contribution in [0, 0.1) is 11.8 Å². The highest BCUT2D eigenvalue weighted by Gasteiger charge is 2.33. The Labute approximate surface area is 178 Å². The van der Waals surface area contributed by atoms with Crippen LogP contribution in [-0.2, 0) is 16.3 Å². The van der Waals surface area contributed by atoms with Gasteiger partial charge in [-0.15, -0.1) is 0 Å². The highest BCUT2D eigenvalue weighted by Crippen LogP contribution is 2.34. The van der Waals surface area contributed by atoms with Gasteiger partial charge in [0.2, 0.25) is 0 Å². The van der Waals surface area contributed by atoms with Gasteiger partial charge < -0.3 is 9.80 Å². The third-order valence-electron chi connectivity index (χ3n) is 7.00. The standard InChI is InChI=1S/C24H40N2O2S/c1-24(2,3)29(27,28)19-22-9-7-20(8-10-22)5-6-21-11-13-23(14-12-21)26-17-15-25(4)16-18-26/h11-14,20,22H,5-10,15-19H2,1-4H3. The van der Waals surface area contributed by atoms with Crippen molar-refractivity contribution >= 4 is 15.5 Å². The molecule has 2 fully saturated rings. The first-order chi connectivity index (χ1) is 13.6. The van der Waals surface area contributed by atoms with E-state index in [0.717, 1.165) is 51.4 Å². The molecule has 3 rings (SSSR count). The number of aryl methyl sites for hydroxylation is 1. The Bertz CT molecular complexity index is 736. The number of piperazine rings is 1. The molecule has 2 aliphatic rings. The van der Waals surface area contributed by atoms with Crippen LogP contribution in [0.4, 0.5) is 5.69 Å². The summed E-state index contributed by atoms with van der Waals surface area (Å²) in [6.45, 7) is 9.98. The molecule has 0 bridgehead atoms. The number of anilines is 1. The van der Waals surface area contributed by atoms with E-state index >= 15 is 0 Å². The molecule has 5 heteroatoms. The van der Waals surface area contributed by atoms with Crippen molar-refractivity contribution in [3.63, 3.8) is 0 Å². The van der Waals surface area contributed by atoms with Gasteiger partial charge in [0, 0.05) is 31.9 Å². The molecule has 0 amide bonds. The Balaban J connectivity index is 1.41. The van der Waals surface area contributed by atoms with Crippen molar-refractivity contribution in [3.8, 4) is 0 Å². The summed E-state index contributed by atoms with van der Waals surface area (Å²) >= 11 is 0. The van der Waals surface area contributed by atoms with Gasteiger partial charge in [-0.25, -0.2) is 8.42 Å². The quantitative estimate of drug-likeness (QED) is 0.684. The summed E-state index contributed by atoms with van der Waals surface area (Å²) in [7, 11) is -0.801. The summed E-state index contributed by atoms with van der Waals surface area (Å²) in [5.74, 6) is 1.48. The normalized spacial score (nSPS) is 24.6. The van der Waals surface area contributed by atoms with Crippen molar-refractivity contribution in [2.45, 2.75) is 64.0 Å². The molecule has 0 N–H and O–H groups in total. The predicted molar refractivity (Wildman–Crippen MR) is 123 cm³/mol. The molecule has 29 heavy (non-hydrogen) atoms. The lowest BCUT2D eigenvalue weighted by atomic mass is 9.80. The lowest BCUT2D eigenvalue weighted by molar-refractivity contribution is 0.278. The van der Waals surface area contributed by atoms with Crippen LogP contribution in [-0.4, -0.2) is 57.0 Å². The Hall–Kier alpha value is -1.07. The summed E-state index contributed by atoms with van der Waals surface area (Å²) in [5.41, 5.74) is 2.78. The van der Waals surface area contributed by atoms with E-state index in [-0.39, 0.29) is 0 Å². The van der Waals surface area contributed by atoms with E-state index in [1.165, 1.54) is 30.5 Å². The van der Waals surface area contributed by atoms with Crippen LogP contribution >= 0.6 is 0 Å². The number of hydrogen-bond acceptors (Lipinski definition) is 4. The van der Waals surface area contributed by atoms with E-state index < -0.39 is 14.6 Å². The summed E-state index contributed by atoms with van der Waals surface area (Å²) in [5, 5.41) is 0. The molecule has 1 heterocycles. The lowest BCUT2D eigenvalue weighted by Gasteiger charge is -2.34. The zero-order chi connectivity index (χ0) is 21.1. The molecule has 1 saturated heterocycles. The largest absolute Gasteiger partial charge is 0.369 e. The van der Waals surface area contributed by atoms with Crippen LogP contribution in [0.25, 0.3) is 0 Å². The van der Waals surface area contributed by atoms with Crippen LogP contribution in [0.1, 0.15) is 58.4 Å². The van der Waals surface area contributed by atoms with Crippen molar-refractivity contribution in [1.29, 1.82) is 0 Å². The molecule has 4 nitrogen and oxygen atoms in total. The fourth-order valence-corrected chi connectivity index (χ4v) is 6.01. The van der Waals surface area contributed by atoms with Crippen molar-refractivity contribution in [1.82, 2.24) is 4.90 Å². The summed E-state index contributed by atoms with van der Waals surface area (Å²) in [4.78, 5) is 4.87. The topological polar surface area (TPSA) is 40.6 Å². The van der Waals surface area contributed by atoms with E-state index in [1.807, 2.05) is 20.8 Å². The van der Waals surface area contributed by atoms with Gasteiger partial charge in [0.15, 0.2) is 9.84 Å². The Morgan fingerprint density at radius 2 is 1.45 bits per heavy atom. The number of benzene rings is 1. The first kappa shape index (κ1) is 22.6. The molecule has 1 aliphatic carbocycles. The Kier molecular flexibility index (Phi) is 7.32. The third kappa shape index (κ3) is 6.21. The minimum absolute atomic E-state index is 0.360. The number of sulfone groups is 1. The average Bonchev–Trinajstić information content (AvgIpc) is 2.67. The van der Waals surface area contributed by atoms with Crippen LogP contribution in [0.2, 0.25) is 0 Å². The fourth-order valence-electron chi connectivity index (χ4n) is 4.56. The second-order valence-corrected chi connectivity index (χ2v) is 13.1. The third-order valence-corrected chi connectivity index (χ3v) is 9.78. The van der Waals surface area contributed by atoms with Crippen molar-refractivity contribution in [3.05, 3.63) is 29.8 Å². The Morgan fingerprint density at radius 3 is 2.00 bits per heavy atom. The first-order valence-electron chi connectivity index (χ1n) is 11.4. The van der Waals surface area contributed by atoms with E-state index in [1.54, 1.807) is 0 Å². The second-order valence-electron chi connectivity index (χ2n) is 10.3. The number of rotatable bonds is 6. The maximum atomic E-state index is 12.5. The summed E-state index contributed by atoms with van der Waals surface area (Å²) in [6, 6.07) is 9.17. The average molecular weight is 421 g/mol. The zero-order valence-corrected chi connectivity index (χ0v) is 19.7. The van der Waals surface area contributed by atoms with Crippen LogP contribution in [0.15, 0.2) is 24.3 Å². The molecule has 164 valence electrons. The van der Waals surface area contributed by atoms with Gasteiger partial charge in [-0.05, 0) is 83.0 Å². The smallest absolute Gasteiger partial charge is 0.155 e. The van der Waals surface area contributed by atoms with Gasteiger partial charge >= 0.3 is 0 Å². The maximum Gasteiger partial charge on any atom is 0.155 e. The maximum absolute atomic E-state index is 12.5. The molecule has 0 atom stereocenters. The minimum Gasteiger partial charge on any atom is -0.369 e. The molecule has 1 aromatic carbocycles. The molecular weight excluding hydrogens is 380 g/mol. The van der Waals surface area contributed by atoms with Gasteiger partial charge in [0.1, 0.15) is 0 Å². The SMILES string of the molecule is CN1CCN(c2ccc(CCC3CCC(CS(=O)(=O)C(C)(C)C)CC3)cc2)CC1. The second kappa shape index (κ2) is 9.38. The van der Waals surface area contributed by atoms with Gasteiger partial charge in [0.05, 0.1) is 10.5 Å². The Morgan fingerprint density at radius 1 is 0.897 bits per heavy atom. The van der Waals surface area contributed by atoms with E-state index in [2.05, 4.69) is 41.1 Å². The zero-order valence-electron chi connectivity index (χ0n) is 18.9.